The van der Waals surface area contributed by atoms with E-state index in [0.29, 0.717) is 11.4 Å². The Labute approximate surface area is 114 Å². The molecule has 18 heavy (non-hydrogen) atoms. The maximum atomic E-state index is 5.76. The van der Waals surface area contributed by atoms with Gasteiger partial charge in [0.1, 0.15) is 5.75 Å². The number of rotatable bonds is 3. The van der Waals surface area contributed by atoms with E-state index in [9.17, 15) is 0 Å². The molecule has 0 aliphatic heterocycles. The van der Waals surface area contributed by atoms with E-state index in [1.165, 1.54) is 0 Å². The van der Waals surface area contributed by atoms with E-state index < -0.39 is 0 Å². The molecule has 0 fully saturated rings. The number of anilines is 4. The molecule has 0 saturated carbocycles. The third-order valence-corrected chi connectivity index (χ3v) is 3.15. The molecule has 94 valence electrons. The van der Waals surface area contributed by atoms with Gasteiger partial charge in [0, 0.05) is 11.4 Å². The number of hydrogen-bond acceptors (Lipinski definition) is 4. The third-order valence-electron chi connectivity index (χ3n) is 2.53. The summed E-state index contributed by atoms with van der Waals surface area (Å²) in [5.74, 6) is 0.789. The summed E-state index contributed by atoms with van der Waals surface area (Å²) < 4.78 is 6.06. The van der Waals surface area contributed by atoms with Crippen LogP contribution in [0.1, 0.15) is 0 Å². The van der Waals surface area contributed by atoms with Crippen LogP contribution in [0.2, 0.25) is 0 Å². The smallest absolute Gasteiger partial charge is 0.133 e. The molecule has 0 aromatic heterocycles. The van der Waals surface area contributed by atoms with Gasteiger partial charge in [0.2, 0.25) is 0 Å². The standard InChI is InChI=1S/C13H14BrN3O/c1-18-13-5-3-8(6-10(13)14)17-9-2-4-11(15)12(16)7-9/h2-7,17H,15-16H2,1H3. The molecular formula is C13H14BrN3O. The highest BCUT2D eigenvalue weighted by atomic mass is 79.9. The molecule has 5 heteroatoms. The maximum absolute atomic E-state index is 5.76. The second-order valence-electron chi connectivity index (χ2n) is 3.82. The fraction of sp³-hybridized carbons (Fsp3) is 0.0769. The van der Waals surface area contributed by atoms with Crippen LogP contribution < -0.4 is 21.5 Å². The van der Waals surface area contributed by atoms with Crippen molar-refractivity contribution >= 4 is 38.7 Å². The average Bonchev–Trinajstić information content (AvgIpc) is 2.34. The predicted octanol–water partition coefficient (Wildman–Crippen LogP) is 3.37. The van der Waals surface area contributed by atoms with Crippen molar-refractivity contribution in [3.63, 3.8) is 0 Å². The van der Waals surface area contributed by atoms with Crippen LogP contribution >= 0.6 is 15.9 Å². The highest BCUT2D eigenvalue weighted by Crippen LogP contribution is 2.30. The number of nitrogens with one attached hydrogen (secondary N) is 1. The van der Waals surface area contributed by atoms with Crippen LogP contribution in [0.3, 0.4) is 0 Å². The molecule has 0 radical (unpaired) electrons. The first-order valence-electron chi connectivity index (χ1n) is 5.35. The van der Waals surface area contributed by atoms with Crippen LogP contribution in [-0.4, -0.2) is 7.11 Å². The number of nitrogen functional groups attached to an aromatic ring is 2. The van der Waals surface area contributed by atoms with Crippen molar-refractivity contribution in [2.24, 2.45) is 0 Å². The highest BCUT2D eigenvalue weighted by Gasteiger charge is 2.02. The van der Waals surface area contributed by atoms with Crippen LogP contribution in [0, 0.1) is 0 Å². The Balaban J connectivity index is 2.23. The van der Waals surface area contributed by atoms with Crippen molar-refractivity contribution in [2.45, 2.75) is 0 Å². The minimum atomic E-state index is 0.563. The van der Waals surface area contributed by atoms with Crippen LogP contribution in [-0.2, 0) is 0 Å². The predicted molar refractivity (Wildman–Crippen MR) is 79.2 cm³/mol. The zero-order valence-corrected chi connectivity index (χ0v) is 11.5. The molecule has 0 bridgehead atoms. The first-order valence-corrected chi connectivity index (χ1v) is 6.15. The zero-order chi connectivity index (χ0) is 13.1. The van der Waals surface area contributed by atoms with Gasteiger partial charge in [-0.2, -0.15) is 0 Å². The number of halogens is 1. The first-order chi connectivity index (χ1) is 8.60. The van der Waals surface area contributed by atoms with Gasteiger partial charge >= 0.3 is 0 Å². The lowest BCUT2D eigenvalue weighted by Crippen LogP contribution is -1.97. The maximum Gasteiger partial charge on any atom is 0.133 e. The van der Waals surface area contributed by atoms with Gasteiger partial charge in [-0.25, -0.2) is 0 Å². The fourth-order valence-corrected chi connectivity index (χ4v) is 2.10. The largest absolute Gasteiger partial charge is 0.496 e. The zero-order valence-electron chi connectivity index (χ0n) is 9.91. The van der Waals surface area contributed by atoms with E-state index in [4.69, 9.17) is 16.2 Å². The molecule has 0 amide bonds. The SMILES string of the molecule is COc1ccc(Nc2ccc(N)c(N)c2)cc1Br. The van der Waals surface area contributed by atoms with E-state index in [-0.39, 0.29) is 0 Å². The van der Waals surface area contributed by atoms with E-state index in [0.717, 1.165) is 21.6 Å². The van der Waals surface area contributed by atoms with Gasteiger partial charge in [0.25, 0.3) is 0 Å². The minimum Gasteiger partial charge on any atom is -0.496 e. The van der Waals surface area contributed by atoms with Crippen molar-refractivity contribution in [3.8, 4) is 5.75 Å². The van der Waals surface area contributed by atoms with Crippen molar-refractivity contribution in [2.75, 3.05) is 23.9 Å². The van der Waals surface area contributed by atoms with Gasteiger partial charge in [0.15, 0.2) is 0 Å². The van der Waals surface area contributed by atoms with Gasteiger partial charge in [-0.15, -0.1) is 0 Å². The summed E-state index contributed by atoms with van der Waals surface area (Å²) in [5, 5.41) is 3.24. The van der Waals surface area contributed by atoms with Crippen LogP contribution in [0.15, 0.2) is 40.9 Å². The van der Waals surface area contributed by atoms with E-state index >= 15 is 0 Å². The van der Waals surface area contributed by atoms with Crippen LogP contribution in [0.4, 0.5) is 22.7 Å². The van der Waals surface area contributed by atoms with Gasteiger partial charge in [-0.3, -0.25) is 0 Å². The van der Waals surface area contributed by atoms with E-state index in [1.54, 1.807) is 19.2 Å². The number of ether oxygens (including phenoxy) is 1. The molecule has 2 aromatic rings. The summed E-state index contributed by atoms with van der Waals surface area (Å²) in [6.45, 7) is 0. The topological polar surface area (TPSA) is 73.3 Å². The Morgan fingerprint density at radius 2 is 1.67 bits per heavy atom. The second kappa shape index (κ2) is 5.18. The number of nitrogens with two attached hydrogens (primary N) is 2. The molecule has 5 N–H and O–H groups in total. The van der Waals surface area contributed by atoms with Gasteiger partial charge in [0.05, 0.1) is 23.0 Å². The number of hydrogen-bond donors (Lipinski definition) is 3. The van der Waals surface area contributed by atoms with Gasteiger partial charge in [-0.1, -0.05) is 0 Å². The Kier molecular flexibility index (Phi) is 3.62. The van der Waals surface area contributed by atoms with Crippen molar-refractivity contribution in [3.05, 3.63) is 40.9 Å². The molecule has 0 unspecified atom stereocenters. The molecule has 2 aromatic carbocycles. The Hall–Kier alpha value is -1.88. The van der Waals surface area contributed by atoms with Gasteiger partial charge in [-0.05, 0) is 52.3 Å². The van der Waals surface area contributed by atoms with Crippen molar-refractivity contribution in [1.29, 1.82) is 0 Å². The lowest BCUT2D eigenvalue weighted by Gasteiger charge is -2.10. The Bertz CT molecular complexity index is 572. The summed E-state index contributed by atoms with van der Waals surface area (Å²) in [6, 6.07) is 11.2. The molecule has 4 nitrogen and oxygen atoms in total. The highest BCUT2D eigenvalue weighted by molar-refractivity contribution is 9.10. The summed E-state index contributed by atoms with van der Waals surface area (Å²) in [7, 11) is 1.63. The minimum absolute atomic E-state index is 0.563. The monoisotopic (exact) mass is 307 g/mol. The number of benzene rings is 2. The van der Waals surface area contributed by atoms with Crippen LogP contribution in [0.25, 0.3) is 0 Å². The fourth-order valence-electron chi connectivity index (χ4n) is 1.56. The Morgan fingerprint density at radius 1 is 1.00 bits per heavy atom. The number of methoxy groups -OCH3 is 1. The molecule has 0 heterocycles. The lowest BCUT2D eigenvalue weighted by atomic mass is 10.2. The summed E-state index contributed by atoms with van der Waals surface area (Å²) in [6.07, 6.45) is 0. The molecular weight excluding hydrogens is 294 g/mol. The molecule has 2 rings (SSSR count). The van der Waals surface area contributed by atoms with E-state index in [1.807, 2.05) is 24.3 Å². The molecule has 0 atom stereocenters. The summed E-state index contributed by atoms with van der Waals surface area (Å²) in [5.41, 5.74) is 14.4. The second-order valence-corrected chi connectivity index (χ2v) is 4.67. The average molecular weight is 308 g/mol. The van der Waals surface area contributed by atoms with E-state index in [2.05, 4.69) is 21.2 Å². The normalized spacial score (nSPS) is 10.1. The molecule has 0 aliphatic carbocycles. The first kappa shape index (κ1) is 12.6. The van der Waals surface area contributed by atoms with Crippen molar-refractivity contribution < 1.29 is 4.74 Å². The molecule has 0 aliphatic rings. The van der Waals surface area contributed by atoms with Crippen LogP contribution in [0.5, 0.6) is 5.75 Å². The quantitative estimate of drug-likeness (QED) is 0.760. The summed E-state index contributed by atoms with van der Waals surface area (Å²) >= 11 is 3.44. The van der Waals surface area contributed by atoms with Gasteiger partial charge < -0.3 is 21.5 Å². The summed E-state index contributed by atoms with van der Waals surface area (Å²) in [4.78, 5) is 0. The third kappa shape index (κ3) is 2.68. The molecule has 0 spiro atoms. The molecule has 0 saturated heterocycles. The van der Waals surface area contributed by atoms with Crippen molar-refractivity contribution in [1.82, 2.24) is 0 Å². The lowest BCUT2D eigenvalue weighted by molar-refractivity contribution is 0.412. The Morgan fingerprint density at radius 3 is 2.28 bits per heavy atom.